The lowest BCUT2D eigenvalue weighted by Crippen LogP contribution is -2.33. The molecule has 0 saturated carbocycles. The molecular formula is C19H17N3O5. The van der Waals surface area contributed by atoms with Crippen LogP contribution in [-0.4, -0.2) is 36.8 Å². The summed E-state index contributed by atoms with van der Waals surface area (Å²) in [5.74, 6) is -0.641. The first-order valence-electron chi connectivity index (χ1n) is 8.00. The SMILES string of the molecule is NC(=O)CNC(=O)CCOc1ccc(C(=O)c2ccc(N=C=O)cc2)cc1. The Balaban J connectivity index is 1.88. The summed E-state index contributed by atoms with van der Waals surface area (Å²) in [7, 11) is 0. The lowest BCUT2D eigenvalue weighted by Gasteiger charge is -2.07. The summed E-state index contributed by atoms with van der Waals surface area (Å²) in [6.07, 6.45) is 1.51. The average Bonchev–Trinajstić information content (AvgIpc) is 2.67. The van der Waals surface area contributed by atoms with Gasteiger partial charge in [-0.05, 0) is 48.5 Å². The number of benzene rings is 2. The molecule has 2 aromatic carbocycles. The van der Waals surface area contributed by atoms with Gasteiger partial charge in [-0.3, -0.25) is 14.4 Å². The molecule has 0 bridgehead atoms. The third-order valence-corrected chi connectivity index (χ3v) is 3.48. The zero-order valence-electron chi connectivity index (χ0n) is 14.3. The van der Waals surface area contributed by atoms with Gasteiger partial charge in [0, 0.05) is 11.1 Å². The minimum Gasteiger partial charge on any atom is -0.493 e. The second-order valence-corrected chi connectivity index (χ2v) is 5.44. The molecule has 0 aliphatic carbocycles. The van der Waals surface area contributed by atoms with E-state index >= 15 is 0 Å². The molecule has 2 aromatic rings. The van der Waals surface area contributed by atoms with Gasteiger partial charge >= 0.3 is 0 Å². The van der Waals surface area contributed by atoms with Gasteiger partial charge in [0.25, 0.3) is 0 Å². The van der Waals surface area contributed by atoms with E-state index in [2.05, 4.69) is 10.3 Å². The molecule has 0 aliphatic rings. The Labute approximate surface area is 155 Å². The summed E-state index contributed by atoms with van der Waals surface area (Å²) in [5.41, 5.74) is 6.27. The van der Waals surface area contributed by atoms with Crippen molar-refractivity contribution in [3.63, 3.8) is 0 Å². The number of amides is 2. The van der Waals surface area contributed by atoms with Crippen LogP contribution in [0.5, 0.6) is 5.75 Å². The molecule has 2 amide bonds. The van der Waals surface area contributed by atoms with Crippen LogP contribution in [0.4, 0.5) is 5.69 Å². The van der Waals surface area contributed by atoms with Crippen molar-refractivity contribution < 1.29 is 23.9 Å². The van der Waals surface area contributed by atoms with E-state index in [1.54, 1.807) is 48.5 Å². The van der Waals surface area contributed by atoms with Crippen LogP contribution in [0.2, 0.25) is 0 Å². The Morgan fingerprint density at radius 2 is 1.59 bits per heavy atom. The summed E-state index contributed by atoms with van der Waals surface area (Å²) >= 11 is 0. The van der Waals surface area contributed by atoms with Gasteiger partial charge in [-0.1, -0.05) is 0 Å². The number of nitrogens with zero attached hydrogens (tertiary/aromatic N) is 1. The zero-order valence-corrected chi connectivity index (χ0v) is 14.3. The second kappa shape index (κ2) is 9.65. The van der Waals surface area contributed by atoms with Gasteiger partial charge in [0.1, 0.15) is 5.75 Å². The molecule has 0 fully saturated rings. The molecule has 0 heterocycles. The van der Waals surface area contributed by atoms with Crippen molar-refractivity contribution in [3.05, 3.63) is 59.7 Å². The van der Waals surface area contributed by atoms with E-state index in [0.717, 1.165) is 0 Å². The highest BCUT2D eigenvalue weighted by molar-refractivity contribution is 6.09. The van der Waals surface area contributed by atoms with Crippen molar-refractivity contribution in [1.29, 1.82) is 0 Å². The summed E-state index contributed by atoms with van der Waals surface area (Å²) in [6, 6.07) is 12.7. The second-order valence-electron chi connectivity index (χ2n) is 5.44. The van der Waals surface area contributed by atoms with Crippen LogP contribution in [0.25, 0.3) is 0 Å². The van der Waals surface area contributed by atoms with E-state index in [-0.39, 0.29) is 31.3 Å². The van der Waals surface area contributed by atoms with E-state index < -0.39 is 5.91 Å². The zero-order chi connectivity index (χ0) is 19.6. The van der Waals surface area contributed by atoms with E-state index in [0.29, 0.717) is 22.6 Å². The van der Waals surface area contributed by atoms with E-state index in [4.69, 9.17) is 10.5 Å². The molecule has 0 aromatic heterocycles. The minimum absolute atomic E-state index is 0.0730. The van der Waals surface area contributed by atoms with Crippen molar-refractivity contribution in [2.24, 2.45) is 10.7 Å². The number of rotatable bonds is 9. The molecule has 8 heteroatoms. The summed E-state index contributed by atoms with van der Waals surface area (Å²) in [6.45, 7) is -0.0886. The molecule has 0 unspecified atom stereocenters. The van der Waals surface area contributed by atoms with E-state index in [1.165, 1.54) is 6.08 Å². The molecule has 2 rings (SSSR count). The first kappa shape index (κ1) is 19.6. The highest BCUT2D eigenvalue weighted by atomic mass is 16.5. The number of ether oxygens (including phenoxy) is 1. The maximum atomic E-state index is 12.4. The fourth-order valence-electron chi connectivity index (χ4n) is 2.14. The molecule has 3 N–H and O–H groups in total. The number of nitrogens with one attached hydrogen (secondary N) is 1. The number of ketones is 1. The van der Waals surface area contributed by atoms with Crippen LogP contribution in [0, 0.1) is 0 Å². The molecule has 8 nitrogen and oxygen atoms in total. The maximum absolute atomic E-state index is 12.4. The number of nitrogens with two attached hydrogens (primary N) is 1. The standard InChI is InChI=1S/C19H17N3O5/c20-17(24)11-21-18(25)9-10-27-16-7-3-14(4-8-16)19(26)13-1-5-15(6-2-13)22-12-23/h1-8H,9-11H2,(H2,20,24)(H,21,25). The highest BCUT2D eigenvalue weighted by Crippen LogP contribution is 2.18. The topological polar surface area (TPSA) is 128 Å². The summed E-state index contributed by atoms with van der Waals surface area (Å²) < 4.78 is 5.43. The summed E-state index contributed by atoms with van der Waals surface area (Å²) in [5, 5.41) is 2.36. The number of aliphatic imine (C=N–C) groups is 1. The number of isocyanates is 1. The molecule has 0 aliphatic heterocycles. The van der Waals surface area contributed by atoms with Gasteiger partial charge in [-0.25, -0.2) is 4.79 Å². The van der Waals surface area contributed by atoms with Crippen LogP contribution >= 0.6 is 0 Å². The third kappa shape index (κ3) is 6.22. The van der Waals surface area contributed by atoms with Gasteiger partial charge in [-0.2, -0.15) is 4.99 Å². The van der Waals surface area contributed by atoms with Crippen LogP contribution in [0.15, 0.2) is 53.5 Å². The largest absolute Gasteiger partial charge is 0.493 e. The first-order chi connectivity index (χ1) is 13.0. The Morgan fingerprint density at radius 1 is 1.00 bits per heavy atom. The molecule has 0 saturated heterocycles. The van der Waals surface area contributed by atoms with Gasteiger partial charge in [-0.15, -0.1) is 0 Å². The number of hydrogen-bond donors (Lipinski definition) is 2. The lowest BCUT2D eigenvalue weighted by atomic mass is 10.0. The minimum atomic E-state index is -0.615. The maximum Gasteiger partial charge on any atom is 0.240 e. The van der Waals surface area contributed by atoms with Crippen molar-refractivity contribution in [2.45, 2.75) is 6.42 Å². The van der Waals surface area contributed by atoms with Crippen LogP contribution in [0.1, 0.15) is 22.3 Å². The third-order valence-electron chi connectivity index (χ3n) is 3.48. The Morgan fingerprint density at radius 3 is 2.15 bits per heavy atom. The van der Waals surface area contributed by atoms with Crippen molar-refractivity contribution in [3.8, 4) is 5.75 Å². The molecule has 138 valence electrons. The Hall–Kier alpha value is -3.77. The van der Waals surface area contributed by atoms with Crippen LogP contribution < -0.4 is 15.8 Å². The van der Waals surface area contributed by atoms with Gasteiger partial charge < -0.3 is 15.8 Å². The molecule has 0 radical (unpaired) electrons. The predicted molar refractivity (Wildman–Crippen MR) is 96.4 cm³/mol. The molecule has 27 heavy (non-hydrogen) atoms. The van der Waals surface area contributed by atoms with Crippen molar-refractivity contribution >= 4 is 29.4 Å². The first-order valence-corrected chi connectivity index (χ1v) is 8.00. The quantitative estimate of drug-likeness (QED) is 0.392. The Kier molecular flexibility index (Phi) is 6.99. The Bertz CT molecular complexity index is 869. The van der Waals surface area contributed by atoms with Crippen molar-refractivity contribution in [2.75, 3.05) is 13.2 Å². The van der Waals surface area contributed by atoms with Gasteiger partial charge in [0.15, 0.2) is 5.78 Å². The van der Waals surface area contributed by atoms with Crippen molar-refractivity contribution in [1.82, 2.24) is 5.32 Å². The fourth-order valence-corrected chi connectivity index (χ4v) is 2.14. The fraction of sp³-hybridized carbons (Fsp3) is 0.158. The molecular weight excluding hydrogens is 350 g/mol. The predicted octanol–water partition coefficient (Wildman–Crippen LogP) is 1.26. The smallest absolute Gasteiger partial charge is 0.240 e. The van der Waals surface area contributed by atoms with Gasteiger partial charge in [0.2, 0.25) is 17.9 Å². The molecule has 0 atom stereocenters. The number of primary amides is 1. The average molecular weight is 367 g/mol. The van der Waals surface area contributed by atoms with Crippen LogP contribution in [-0.2, 0) is 14.4 Å². The van der Waals surface area contributed by atoms with E-state index in [1.807, 2.05) is 0 Å². The van der Waals surface area contributed by atoms with Gasteiger partial charge in [0.05, 0.1) is 25.3 Å². The van der Waals surface area contributed by atoms with E-state index in [9.17, 15) is 19.2 Å². The number of carbonyl (C=O) groups excluding carboxylic acids is 4. The monoisotopic (exact) mass is 367 g/mol. The lowest BCUT2D eigenvalue weighted by molar-refractivity contribution is -0.125. The highest BCUT2D eigenvalue weighted by Gasteiger charge is 2.09. The normalized spacial score (nSPS) is 9.78. The summed E-state index contributed by atoms with van der Waals surface area (Å²) in [4.78, 5) is 48.1. The number of hydrogen-bond acceptors (Lipinski definition) is 6. The number of carbonyl (C=O) groups is 3. The van der Waals surface area contributed by atoms with Crippen LogP contribution in [0.3, 0.4) is 0 Å². The molecule has 0 spiro atoms.